The number of fused-ring (bicyclic) bond motifs is 2. The zero-order valence-electron chi connectivity index (χ0n) is 22.2. The normalized spacial score (nSPS) is 23.1. The van der Waals surface area contributed by atoms with Crippen LogP contribution in [0.4, 0.5) is 0 Å². The van der Waals surface area contributed by atoms with Gasteiger partial charge in [-0.25, -0.2) is 0 Å². The summed E-state index contributed by atoms with van der Waals surface area (Å²) in [6, 6.07) is 12.9. The summed E-state index contributed by atoms with van der Waals surface area (Å²) in [6.07, 6.45) is 0.265. The Kier molecular flexibility index (Phi) is 1.73. The first-order valence-electron chi connectivity index (χ1n) is 12.0. The van der Waals surface area contributed by atoms with Gasteiger partial charge in [-0.1, -0.05) is 66.7 Å². The van der Waals surface area contributed by atoms with Crippen LogP contribution in [-0.4, -0.2) is 25.3 Å². The van der Waals surface area contributed by atoms with Crippen LogP contribution in [0.5, 0.6) is 0 Å². The summed E-state index contributed by atoms with van der Waals surface area (Å²) in [5.74, 6) is 0. The molecule has 0 saturated carbocycles. The molecule has 0 atom stereocenters. The monoisotopic (exact) mass is 286 g/mol. The number of nitrogens with zero attached hydrogens (tertiary/aromatic N) is 1. The summed E-state index contributed by atoms with van der Waals surface area (Å²) in [6.45, 7) is -10.5. The Morgan fingerprint density at radius 1 is 1.00 bits per heavy atom. The van der Waals surface area contributed by atoms with Gasteiger partial charge in [-0.05, 0) is 48.2 Å². The van der Waals surface area contributed by atoms with Crippen molar-refractivity contribution in [1.82, 2.24) is 4.90 Å². The van der Waals surface area contributed by atoms with E-state index in [1.807, 2.05) is 0 Å². The van der Waals surface area contributed by atoms with Gasteiger partial charge in [-0.15, -0.1) is 0 Å². The Morgan fingerprint density at radius 3 is 2.14 bits per heavy atom. The third-order valence-corrected chi connectivity index (χ3v) is 3.26. The van der Waals surface area contributed by atoms with Gasteiger partial charge in [-0.2, -0.15) is 0 Å². The molecule has 0 amide bonds. The van der Waals surface area contributed by atoms with Gasteiger partial charge in [0.1, 0.15) is 0 Å². The maximum absolute atomic E-state index is 8.73. The van der Waals surface area contributed by atoms with E-state index in [9.17, 15) is 0 Å². The summed E-state index contributed by atoms with van der Waals surface area (Å²) >= 11 is 0. The lowest BCUT2D eigenvalue weighted by Gasteiger charge is -2.13. The van der Waals surface area contributed by atoms with Crippen molar-refractivity contribution in [3.63, 3.8) is 0 Å². The van der Waals surface area contributed by atoms with E-state index >= 15 is 0 Å². The molecular formula is C20H21N. The molecule has 2 aromatic carbocycles. The minimum atomic E-state index is -3.57. The van der Waals surface area contributed by atoms with Gasteiger partial charge in [0.15, 0.2) is 0 Å². The fraction of sp³-hybridized carbons (Fsp3) is 0.200. The lowest BCUT2D eigenvalue weighted by atomic mass is 9.93. The largest absolute Gasteiger partial charge is 0.309 e. The lowest BCUT2D eigenvalue weighted by molar-refractivity contribution is 0.417. The lowest BCUT2D eigenvalue weighted by Crippen LogP contribution is -2.12. The molecule has 0 aromatic heterocycles. The van der Waals surface area contributed by atoms with E-state index in [0.717, 1.165) is 0 Å². The first kappa shape index (κ1) is 5.94. The number of benzene rings is 2. The van der Waals surface area contributed by atoms with E-state index in [0.29, 0.717) is 22.3 Å². The first-order chi connectivity index (χ1) is 14.6. The molecular weight excluding hydrogens is 254 g/mol. The molecule has 0 spiro atoms. The second-order valence-electron chi connectivity index (χ2n) is 4.58. The molecule has 0 radical (unpaired) electrons. The Hall–Kier alpha value is -2.12. The molecule has 106 valence electrons. The van der Waals surface area contributed by atoms with Gasteiger partial charge in [0.05, 0.1) is 1.37 Å². The van der Waals surface area contributed by atoms with E-state index < -0.39 is 37.8 Å². The van der Waals surface area contributed by atoms with Crippen LogP contribution in [0.3, 0.4) is 0 Å². The van der Waals surface area contributed by atoms with Crippen LogP contribution in [0.25, 0.3) is 17.7 Å². The van der Waals surface area contributed by atoms with Crippen LogP contribution in [0.15, 0.2) is 54.6 Å². The van der Waals surface area contributed by atoms with Crippen molar-refractivity contribution in [2.75, 3.05) is 20.4 Å². The van der Waals surface area contributed by atoms with Gasteiger partial charge >= 0.3 is 0 Å². The molecule has 1 aliphatic rings. The van der Waals surface area contributed by atoms with Crippen molar-refractivity contribution < 1.29 is 15.1 Å². The topological polar surface area (TPSA) is 3.24 Å². The average molecular weight is 286 g/mol. The second kappa shape index (κ2) is 6.11. The van der Waals surface area contributed by atoms with Crippen LogP contribution in [0, 0.1) is 0 Å². The van der Waals surface area contributed by atoms with Crippen molar-refractivity contribution in [3.8, 4) is 0 Å². The summed E-state index contributed by atoms with van der Waals surface area (Å²) in [4.78, 5) is -0.450. The molecule has 0 N–H and O–H groups in total. The fourth-order valence-electron chi connectivity index (χ4n) is 2.35. The Morgan fingerprint density at radius 2 is 1.57 bits per heavy atom. The molecule has 0 unspecified atom stereocenters. The first-order valence-corrected chi connectivity index (χ1v) is 6.49. The molecule has 1 aliphatic carbocycles. The third kappa shape index (κ3) is 2.98. The number of hydrogen-bond donors (Lipinski definition) is 0. The molecule has 2 aromatic rings. The highest BCUT2D eigenvalue weighted by Gasteiger charge is 2.13. The van der Waals surface area contributed by atoms with Gasteiger partial charge in [0, 0.05) is 20.2 Å². The van der Waals surface area contributed by atoms with E-state index in [2.05, 4.69) is 0 Å². The third-order valence-electron chi connectivity index (χ3n) is 3.26. The van der Waals surface area contributed by atoms with Crippen LogP contribution in [-0.2, 0) is 0 Å². The predicted molar refractivity (Wildman–Crippen MR) is 92.1 cm³/mol. The van der Waals surface area contributed by atoms with E-state index in [-0.39, 0.29) is 5.57 Å². The quantitative estimate of drug-likeness (QED) is 0.682. The van der Waals surface area contributed by atoms with Crippen LogP contribution in [0.1, 0.15) is 43.7 Å². The van der Waals surface area contributed by atoms with Gasteiger partial charge in [-0.3, -0.25) is 0 Å². The highest BCUT2D eigenvalue weighted by Crippen LogP contribution is 2.33. The molecule has 0 saturated heterocycles. The second-order valence-corrected chi connectivity index (χ2v) is 4.58. The summed E-state index contributed by atoms with van der Waals surface area (Å²) in [5.41, 5.74) is 2.28. The van der Waals surface area contributed by atoms with Crippen LogP contribution >= 0.6 is 0 Å². The maximum Gasteiger partial charge on any atom is 0.0583 e. The standard InChI is InChI=1S/C20H21N/c1-21(2)15-7-12-20-18-10-5-3-8-16(18)13-14-17-9-4-6-11-19(17)20/h3-6,8-14H,7,15H2,1-2H3/i1D3,2D3,7D2,12D,15D2. The van der Waals surface area contributed by atoms with Crippen molar-refractivity contribution in [2.24, 2.45) is 0 Å². The molecule has 21 heavy (non-hydrogen) atoms. The minimum Gasteiger partial charge on any atom is -0.309 e. The number of hydrogen-bond acceptors (Lipinski definition) is 1. The Labute approximate surface area is 142 Å². The van der Waals surface area contributed by atoms with Crippen LogP contribution in [0.2, 0.25) is 0 Å². The van der Waals surface area contributed by atoms with E-state index in [4.69, 9.17) is 15.1 Å². The molecule has 0 bridgehead atoms. The Balaban J connectivity index is 2.34. The predicted octanol–water partition coefficient (Wildman–Crippen LogP) is 4.55. The molecule has 3 rings (SSSR count). The van der Waals surface area contributed by atoms with Gasteiger partial charge < -0.3 is 4.90 Å². The smallest absolute Gasteiger partial charge is 0.0583 e. The highest BCUT2D eigenvalue weighted by atomic mass is 15.0. The number of rotatable bonds is 3. The van der Waals surface area contributed by atoms with Gasteiger partial charge in [0.2, 0.25) is 0 Å². The fourth-order valence-corrected chi connectivity index (χ4v) is 2.35. The van der Waals surface area contributed by atoms with Crippen molar-refractivity contribution in [1.29, 1.82) is 0 Å². The SMILES string of the molecule is [2H]C(=C1c2ccccc2C=Cc2ccccc21)C([2H])([2H])C([2H])([2H])N(C([2H])([2H])[2H])C([2H])([2H])[2H]. The molecule has 0 fully saturated rings. The maximum atomic E-state index is 8.73. The Bertz CT molecular complexity index is 1010. The summed E-state index contributed by atoms with van der Waals surface area (Å²) in [7, 11) is 0. The van der Waals surface area contributed by atoms with E-state index in [1.54, 1.807) is 60.7 Å². The van der Waals surface area contributed by atoms with Crippen molar-refractivity contribution in [3.05, 3.63) is 76.8 Å². The zero-order valence-corrected chi connectivity index (χ0v) is 11.2. The van der Waals surface area contributed by atoms with Gasteiger partial charge in [0.25, 0.3) is 0 Å². The van der Waals surface area contributed by atoms with Crippen LogP contribution < -0.4 is 0 Å². The van der Waals surface area contributed by atoms with Crippen molar-refractivity contribution in [2.45, 2.75) is 6.37 Å². The summed E-state index contributed by atoms with van der Waals surface area (Å²) < 4.78 is 87.6. The average Bonchev–Trinajstić information content (AvgIpc) is 2.81. The molecule has 0 heterocycles. The summed E-state index contributed by atoms with van der Waals surface area (Å²) in [5, 5.41) is 0. The highest BCUT2D eigenvalue weighted by molar-refractivity contribution is 5.93. The molecule has 1 heteroatoms. The molecule has 1 nitrogen and oxygen atoms in total. The zero-order chi connectivity index (χ0) is 24.1. The van der Waals surface area contributed by atoms with E-state index in [1.165, 1.54) is 0 Å². The van der Waals surface area contributed by atoms with Crippen molar-refractivity contribution >= 4 is 17.7 Å². The minimum absolute atomic E-state index is 0.0612. The molecule has 0 aliphatic heterocycles.